The van der Waals surface area contributed by atoms with E-state index in [2.05, 4.69) is 29.5 Å². The van der Waals surface area contributed by atoms with Crippen molar-refractivity contribution in [3.8, 4) is 0 Å². The molecular weight excluding hydrogens is 326 g/mol. The van der Waals surface area contributed by atoms with E-state index < -0.39 is 0 Å². The number of anilines is 1. The third-order valence-electron chi connectivity index (χ3n) is 4.21. The smallest absolute Gasteiger partial charge is 0.257 e. The van der Waals surface area contributed by atoms with Gasteiger partial charge in [0.05, 0.1) is 11.6 Å². The Labute approximate surface area is 153 Å². The Bertz CT molecular complexity index is 841. The molecule has 2 N–H and O–H groups in total. The number of nitrogens with one attached hydrogen (secondary N) is 2. The highest BCUT2D eigenvalue weighted by molar-refractivity contribution is 6.03. The second-order valence-corrected chi connectivity index (χ2v) is 6.15. The minimum atomic E-state index is -0.165. The van der Waals surface area contributed by atoms with Gasteiger partial charge >= 0.3 is 0 Å². The predicted octanol–water partition coefficient (Wildman–Crippen LogP) is 4.34. The number of aromatic nitrogens is 1. The lowest BCUT2D eigenvalue weighted by Gasteiger charge is -2.12. The van der Waals surface area contributed by atoms with Gasteiger partial charge in [-0.05, 0) is 48.9 Å². The summed E-state index contributed by atoms with van der Waals surface area (Å²) in [6.07, 6.45) is 4.10. The normalized spacial score (nSPS) is 11.9. The van der Waals surface area contributed by atoms with E-state index in [-0.39, 0.29) is 11.9 Å². The molecule has 0 saturated carbocycles. The van der Waals surface area contributed by atoms with Gasteiger partial charge in [0.25, 0.3) is 5.91 Å². The monoisotopic (exact) mass is 349 g/mol. The van der Waals surface area contributed by atoms with Crippen LogP contribution in [-0.4, -0.2) is 10.9 Å². The van der Waals surface area contributed by atoms with Gasteiger partial charge in [0.1, 0.15) is 11.5 Å². The standard InChI is InChI=1S/C21H23N3O2/c1-3-19-10-11-20(26-19)15(2)23-13-16-6-8-18(9-7-16)24-21(25)17-5-4-12-22-14-17/h4-12,14-15,23H,3,13H2,1-2H3,(H,24,25)/t15-/m0/s1. The molecule has 0 aliphatic heterocycles. The van der Waals surface area contributed by atoms with Crippen molar-refractivity contribution in [3.63, 3.8) is 0 Å². The molecule has 0 aliphatic rings. The highest BCUT2D eigenvalue weighted by atomic mass is 16.3. The molecule has 0 radical (unpaired) electrons. The number of carbonyl (C=O) groups is 1. The van der Waals surface area contributed by atoms with Crippen molar-refractivity contribution in [1.82, 2.24) is 10.3 Å². The van der Waals surface area contributed by atoms with Crippen LogP contribution in [-0.2, 0) is 13.0 Å². The molecular formula is C21H23N3O2. The Hall–Kier alpha value is -2.92. The summed E-state index contributed by atoms with van der Waals surface area (Å²) in [5, 5.41) is 6.32. The first-order valence-corrected chi connectivity index (χ1v) is 8.78. The van der Waals surface area contributed by atoms with Crippen LogP contribution in [0.15, 0.2) is 65.3 Å². The molecule has 0 fully saturated rings. The number of pyridine rings is 1. The minimum absolute atomic E-state index is 0.139. The molecule has 0 spiro atoms. The zero-order chi connectivity index (χ0) is 18.4. The van der Waals surface area contributed by atoms with Crippen LogP contribution in [0.2, 0.25) is 0 Å². The molecule has 2 heterocycles. The van der Waals surface area contributed by atoms with Crippen LogP contribution in [0.3, 0.4) is 0 Å². The second-order valence-electron chi connectivity index (χ2n) is 6.15. The summed E-state index contributed by atoms with van der Waals surface area (Å²) in [4.78, 5) is 16.1. The van der Waals surface area contributed by atoms with E-state index in [0.717, 1.165) is 35.7 Å². The summed E-state index contributed by atoms with van der Waals surface area (Å²) in [6, 6.07) is 15.5. The van der Waals surface area contributed by atoms with Gasteiger partial charge in [-0.2, -0.15) is 0 Å². The van der Waals surface area contributed by atoms with Crippen molar-refractivity contribution in [2.24, 2.45) is 0 Å². The van der Waals surface area contributed by atoms with Crippen molar-refractivity contribution < 1.29 is 9.21 Å². The van der Waals surface area contributed by atoms with E-state index in [9.17, 15) is 4.79 Å². The minimum Gasteiger partial charge on any atom is -0.464 e. The molecule has 1 amide bonds. The van der Waals surface area contributed by atoms with E-state index in [1.807, 2.05) is 36.4 Å². The van der Waals surface area contributed by atoms with Gasteiger partial charge in [-0.15, -0.1) is 0 Å². The third-order valence-corrected chi connectivity index (χ3v) is 4.21. The van der Waals surface area contributed by atoms with Crippen molar-refractivity contribution in [3.05, 3.63) is 83.6 Å². The quantitative estimate of drug-likeness (QED) is 0.666. The first kappa shape index (κ1) is 17.9. The van der Waals surface area contributed by atoms with Gasteiger partial charge in [0.15, 0.2) is 0 Å². The number of hydrogen-bond acceptors (Lipinski definition) is 4. The van der Waals surface area contributed by atoms with E-state index >= 15 is 0 Å². The van der Waals surface area contributed by atoms with Gasteiger partial charge in [-0.1, -0.05) is 19.1 Å². The third kappa shape index (κ3) is 4.58. The van der Waals surface area contributed by atoms with Crippen LogP contribution in [0.5, 0.6) is 0 Å². The lowest BCUT2D eigenvalue weighted by molar-refractivity contribution is 0.102. The zero-order valence-electron chi connectivity index (χ0n) is 15.0. The summed E-state index contributed by atoms with van der Waals surface area (Å²) in [5.74, 6) is 1.78. The fourth-order valence-electron chi connectivity index (χ4n) is 2.60. The molecule has 0 unspecified atom stereocenters. The number of furan rings is 1. The Kier molecular flexibility index (Phi) is 5.81. The van der Waals surface area contributed by atoms with Gasteiger partial charge in [0.2, 0.25) is 0 Å². The molecule has 1 atom stereocenters. The van der Waals surface area contributed by atoms with Gasteiger partial charge < -0.3 is 15.1 Å². The summed E-state index contributed by atoms with van der Waals surface area (Å²) < 4.78 is 5.77. The maximum atomic E-state index is 12.1. The molecule has 2 aromatic heterocycles. The van der Waals surface area contributed by atoms with Gasteiger partial charge in [-0.3, -0.25) is 9.78 Å². The molecule has 0 bridgehead atoms. The van der Waals surface area contributed by atoms with Crippen LogP contribution in [0.25, 0.3) is 0 Å². The topological polar surface area (TPSA) is 67.2 Å². The Morgan fingerprint density at radius 1 is 1.15 bits per heavy atom. The van der Waals surface area contributed by atoms with Crippen LogP contribution >= 0.6 is 0 Å². The summed E-state index contributed by atoms with van der Waals surface area (Å²) in [7, 11) is 0. The molecule has 26 heavy (non-hydrogen) atoms. The number of nitrogens with zero attached hydrogens (tertiary/aromatic N) is 1. The summed E-state index contributed by atoms with van der Waals surface area (Å²) in [5.41, 5.74) is 2.43. The highest BCUT2D eigenvalue weighted by Gasteiger charge is 2.10. The van der Waals surface area contributed by atoms with Crippen LogP contribution < -0.4 is 10.6 Å². The zero-order valence-corrected chi connectivity index (χ0v) is 15.0. The number of hydrogen-bond donors (Lipinski definition) is 2. The maximum absolute atomic E-state index is 12.1. The molecule has 1 aromatic carbocycles. The van der Waals surface area contributed by atoms with Crippen LogP contribution in [0.4, 0.5) is 5.69 Å². The van der Waals surface area contributed by atoms with E-state index in [4.69, 9.17) is 4.42 Å². The van der Waals surface area contributed by atoms with E-state index in [0.29, 0.717) is 5.56 Å². The number of benzene rings is 1. The highest BCUT2D eigenvalue weighted by Crippen LogP contribution is 2.18. The maximum Gasteiger partial charge on any atom is 0.257 e. The fourth-order valence-corrected chi connectivity index (χ4v) is 2.60. The Balaban J connectivity index is 1.53. The van der Waals surface area contributed by atoms with Crippen LogP contribution in [0, 0.1) is 0 Å². The van der Waals surface area contributed by atoms with Crippen molar-refractivity contribution >= 4 is 11.6 Å². The van der Waals surface area contributed by atoms with Gasteiger partial charge in [0, 0.05) is 31.0 Å². The SMILES string of the molecule is CCc1ccc([C@H](C)NCc2ccc(NC(=O)c3cccnc3)cc2)o1. The summed E-state index contributed by atoms with van der Waals surface area (Å²) in [6.45, 7) is 4.89. The van der Waals surface area contributed by atoms with Crippen molar-refractivity contribution in [2.75, 3.05) is 5.32 Å². The lowest BCUT2D eigenvalue weighted by atomic mass is 10.1. The molecule has 134 valence electrons. The summed E-state index contributed by atoms with van der Waals surface area (Å²) >= 11 is 0. The molecule has 3 aromatic rings. The molecule has 5 heteroatoms. The predicted molar refractivity (Wildman–Crippen MR) is 102 cm³/mol. The van der Waals surface area contributed by atoms with Crippen LogP contribution in [0.1, 0.15) is 47.3 Å². The lowest BCUT2D eigenvalue weighted by Crippen LogP contribution is -2.17. The fraction of sp³-hybridized carbons (Fsp3) is 0.238. The van der Waals surface area contributed by atoms with Crippen molar-refractivity contribution in [1.29, 1.82) is 0 Å². The Morgan fingerprint density at radius 3 is 2.62 bits per heavy atom. The first-order chi connectivity index (χ1) is 12.7. The van der Waals surface area contributed by atoms with Gasteiger partial charge in [-0.25, -0.2) is 0 Å². The molecule has 0 saturated heterocycles. The number of aryl methyl sites for hydroxylation is 1. The molecule has 5 nitrogen and oxygen atoms in total. The van der Waals surface area contributed by atoms with Crippen molar-refractivity contribution in [2.45, 2.75) is 32.9 Å². The van der Waals surface area contributed by atoms with E-state index in [1.54, 1.807) is 24.5 Å². The van der Waals surface area contributed by atoms with E-state index in [1.165, 1.54) is 0 Å². The molecule has 3 rings (SSSR count). The molecule has 0 aliphatic carbocycles. The number of amides is 1. The first-order valence-electron chi connectivity index (χ1n) is 8.78. The number of carbonyl (C=O) groups excluding carboxylic acids is 1. The average Bonchev–Trinajstić information content (AvgIpc) is 3.17. The number of rotatable bonds is 7. The average molecular weight is 349 g/mol. The second kappa shape index (κ2) is 8.45. The Morgan fingerprint density at radius 2 is 1.96 bits per heavy atom. The largest absolute Gasteiger partial charge is 0.464 e.